The maximum Gasteiger partial charge on any atom is 0.311 e. The van der Waals surface area contributed by atoms with Gasteiger partial charge in [-0.3, -0.25) is 14.9 Å². The van der Waals surface area contributed by atoms with Crippen molar-refractivity contribution in [1.82, 2.24) is 4.98 Å². The number of aliphatic hydroxyl groups is 2. The van der Waals surface area contributed by atoms with E-state index >= 15 is 0 Å². The maximum atomic E-state index is 10.8. The Labute approximate surface area is 129 Å². The van der Waals surface area contributed by atoms with Gasteiger partial charge in [0.05, 0.1) is 11.0 Å². The molecule has 1 aromatic heterocycles. The number of carbonyl (C=O) groups is 1. The van der Waals surface area contributed by atoms with E-state index in [0.717, 1.165) is 17.8 Å². The molecular formula is C11H14ClN3O5S. The molecule has 1 rings (SSSR count). The van der Waals surface area contributed by atoms with Gasteiger partial charge in [0, 0.05) is 24.3 Å². The lowest BCUT2D eigenvalue weighted by Crippen LogP contribution is -2.20. The number of hydrogen-bond acceptors (Lipinski definition) is 8. The number of aromatic nitrogens is 1. The summed E-state index contributed by atoms with van der Waals surface area (Å²) in [6.07, 6.45) is -2.59. The number of thioether (sulfide) groups is 1. The summed E-state index contributed by atoms with van der Waals surface area (Å²) >= 11 is 6.79. The molecule has 2 atom stereocenters. The van der Waals surface area contributed by atoms with Crippen LogP contribution < -0.4 is 5.73 Å². The van der Waals surface area contributed by atoms with Crippen molar-refractivity contribution < 1.29 is 19.9 Å². The van der Waals surface area contributed by atoms with Crippen LogP contribution in [0.3, 0.4) is 0 Å². The number of carbonyl (C=O) groups excluding carboxylic acids is 1. The molecule has 4 N–H and O–H groups in total. The summed E-state index contributed by atoms with van der Waals surface area (Å²) in [5, 5.41) is 30.3. The van der Waals surface area contributed by atoms with Gasteiger partial charge in [0.1, 0.15) is 11.3 Å². The molecular weight excluding hydrogens is 322 g/mol. The van der Waals surface area contributed by atoms with Gasteiger partial charge < -0.3 is 15.9 Å². The van der Waals surface area contributed by atoms with Gasteiger partial charge in [-0.05, 0) is 6.42 Å². The third kappa shape index (κ3) is 4.81. The lowest BCUT2D eigenvalue weighted by atomic mass is 10.0. The Kier molecular flexibility index (Phi) is 6.34. The molecule has 21 heavy (non-hydrogen) atoms. The Bertz CT molecular complexity index is 557. The van der Waals surface area contributed by atoms with Crippen molar-refractivity contribution in [1.29, 1.82) is 0 Å². The maximum absolute atomic E-state index is 10.8. The van der Waals surface area contributed by atoms with Crippen LogP contribution in [0, 0.1) is 10.1 Å². The smallest absolute Gasteiger partial charge is 0.311 e. The van der Waals surface area contributed by atoms with E-state index in [9.17, 15) is 25.1 Å². The summed E-state index contributed by atoms with van der Waals surface area (Å²) in [6.45, 7) is 1.39. The van der Waals surface area contributed by atoms with Gasteiger partial charge in [-0.15, -0.1) is 0 Å². The summed E-state index contributed by atoms with van der Waals surface area (Å²) in [5.41, 5.74) is 4.77. The van der Waals surface area contributed by atoms with Crippen molar-refractivity contribution in [2.24, 2.45) is 0 Å². The van der Waals surface area contributed by atoms with E-state index in [0.29, 0.717) is 5.75 Å². The van der Waals surface area contributed by atoms with E-state index in [2.05, 4.69) is 4.98 Å². The van der Waals surface area contributed by atoms with Gasteiger partial charge in [-0.25, -0.2) is 4.98 Å². The van der Waals surface area contributed by atoms with Gasteiger partial charge in [-0.2, -0.15) is 0 Å². The molecule has 0 aliphatic heterocycles. The molecule has 0 fully saturated rings. The molecule has 0 spiro atoms. The molecule has 10 heteroatoms. The summed E-state index contributed by atoms with van der Waals surface area (Å²) in [6, 6.07) is 0.983. The predicted molar refractivity (Wildman–Crippen MR) is 79.0 cm³/mol. The summed E-state index contributed by atoms with van der Waals surface area (Å²) in [4.78, 5) is 24.4. The Morgan fingerprint density at radius 3 is 2.76 bits per heavy atom. The van der Waals surface area contributed by atoms with E-state index < -0.39 is 22.8 Å². The van der Waals surface area contributed by atoms with E-state index in [4.69, 9.17) is 17.3 Å². The van der Waals surface area contributed by atoms with Crippen LogP contribution in [0.25, 0.3) is 0 Å². The monoisotopic (exact) mass is 335 g/mol. The molecule has 0 saturated heterocycles. The second-order valence-electron chi connectivity index (χ2n) is 4.17. The first-order valence-corrected chi connectivity index (χ1v) is 7.20. The summed E-state index contributed by atoms with van der Waals surface area (Å²) < 4.78 is 0. The normalized spacial score (nSPS) is 13.7. The van der Waals surface area contributed by atoms with Gasteiger partial charge in [0.2, 0.25) is 5.82 Å². The number of anilines is 1. The van der Waals surface area contributed by atoms with E-state index in [-0.39, 0.29) is 28.1 Å². The first kappa shape index (κ1) is 17.6. The average molecular weight is 336 g/mol. The van der Waals surface area contributed by atoms with Crippen LogP contribution in [0.1, 0.15) is 25.0 Å². The van der Waals surface area contributed by atoms with Crippen molar-refractivity contribution in [2.45, 2.75) is 25.6 Å². The fourth-order valence-electron chi connectivity index (χ4n) is 1.55. The molecule has 116 valence electrons. The van der Waals surface area contributed by atoms with E-state index in [1.807, 2.05) is 0 Å². The van der Waals surface area contributed by atoms with Crippen LogP contribution in [-0.2, 0) is 4.79 Å². The van der Waals surface area contributed by atoms with Gasteiger partial charge >= 0.3 is 5.69 Å². The highest BCUT2D eigenvalue weighted by atomic mass is 35.5. The van der Waals surface area contributed by atoms with Gasteiger partial charge in [0.25, 0.3) is 0 Å². The lowest BCUT2D eigenvalue weighted by Gasteiger charge is -2.18. The molecule has 2 unspecified atom stereocenters. The number of nitrogen functional groups attached to an aromatic ring is 1. The second-order valence-corrected chi connectivity index (χ2v) is 5.80. The minimum atomic E-state index is -1.46. The number of pyridine rings is 1. The Hall–Kier alpha value is -1.42. The highest BCUT2D eigenvalue weighted by Crippen LogP contribution is 2.31. The van der Waals surface area contributed by atoms with Crippen LogP contribution in [0.5, 0.6) is 0 Å². The molecule has 8 nitrogen and oxygen atoms in total. The first-order chi connectivity index (χ1) is 9.73. The van der Waals surface area contributed by atoms with Crippen LogP contribution in [0.4, 0.5) is 11.5 Å². The molecule has 0 bridgehead atoms. The second kappa shape index (κ2) is 7.55. The van der Waals surface area contributed by atoms with E-state index in [1.165, 1.54) is 6.92 Å². The molecule has 0 aromatic carbocycles. The van der Waals surface area contributed by atoms with Gasteiger partial charge in [-0.1, -0.05) is 23.4 Å². The molecule has 0 aliphatic carbocycles. The largest absolute Gasteiger partial charge is 0.390 e. The average Bonchev–Trinajstić information content (AvgIpc) is 2.37. The van der Waals surface area contributed by atoms with Crippen LogP contribution in [-0.4, -0.2) is 37.1 Å². The number of aliphatic hydroxyl groups excluding tert-OH is 2. The Balaban J connectivity index is 2.90. The zero-order valence-corrected chi connectivity index (χ0v) is 12.6. The van der Waals surface area contributed by atoms with Crippen LogP contribution in [0.15, 0.2) is 6.07 Å². The number of nitrogens with two attached hydrogens (primary N) is 1. The molecule has 1 heterocycles. The lowest BCUT2D eigenvalue weighted by molar-refractivity contribution is -0.384. The highest BCUT2D eigenvalue weighted by Gasteiger charge is 2.26. The Morgan fingerprint density at radius 2 is 2.24 bits per heavy atom. The van der Waals surface area contributed by atoms with Crippen molar-refractivity contribution in [3.05, 3.63) is 26.9 Å². The van der Waals surface area contributed by atoms with Crippen molar-refractivity contribution >= 4 is 40.0 Å². The SMILES string of the molecule is CC(=O)SCCC(O)C(O)c1cc([N+](=O)[O-])c(N)nc1Cl. The minimum Gasteiger partial charge on any atom is -0.390 e. The topological polar surface area (TPSA) is 140 Å². The molecule has 0 radical (unpaired) electrons. The highest BCUT2D eigenvalue weighted by molar-refractivity contribution is 8.13. The summed E-state index contributed by atoms with van der Waals surface area (Å²) in [5.74, 6) is -0.0714. The Morgan fingerprint density at radius 1 is 1.62 bits per heavy atom. The summed E-state index contributed by atoms with van der Waals surface area (Å²) in [7, 11) is 0. The zero-order chi connectivity index (χ0) is 16.2. The third-order valence-corrected chi connectivity index (χ3v) is 3.76. The first-order valence-electron chi connectivity index (χ1n) is 5.83. The number of rotatable bonds is 6. The van der Waals surface area contributed by atoms with Crippen molar-refractivity contribution in [3.63, 3.8) is 0 Å². The fraction of sp³-hybridized carbons (Fsp3) is 0.455. The zero-order valence-electron chi connectivity index (χ0n) is 11.0. The standard InChI is InChI=1S/C11H14ClN3O5S/c1-5(16)21-3-2-8(17)9(18)6-4-7(15(19)20)11(13)14-10(6)12/h4,8-9,17-18H,2-3H2,1H3,(H2,13,14). The van der Waals surface area contributed by atoms with Crippen LogP contribution in [0.2, 0.25) is 5.15 Å². The van der Waals surface area contributed by atoms with Crippen molar-refractivity contribution in [2.75, 3.05) is 11.5 Å². The third-order valence-electron chi connectivity index (χ3n) is 2.61. The number of nitrogens with zero attached hydrogens (tertiary/aromatic N) is 2. The molecule has 0 amide bonds. The molecule has 1 aromatic rings. The van der Waals surface area contributed by atoms with Crippen LogP contribution >= 0.6 is 23.4 Å². The fourth-order valence-corrected chi connectivity index (χ4v) is 2.45. The van der Waals surface area contributed by atoms with Gasteiger partial charge in [0.15, 0.2) is 5.12 Å². The quantitative estimate of drug-likeness (QED) is 0.401. The molecule has 0 aliphatic rings. The number of nitro groups is 1. The predicted octanol–water partition coefficient (Wildman–Crippen LogP) is 1.29. The number of hydrogen-bond donors (Lipinski definition) is 3. The van der Waals surface area contributed by atoms with E-state index in [1.54, 1.807) is 0 Å². The van der Waals surface area contributed by atoms with Crippen molar-refractivity contribution in [3.8, 4) is 0 Å². The number of halogens is 1. The molecule has 0 saturated carbocycles. The minimum absolute atomic E-state index is 0.0853.